The van der Waals surface area contributed by atoms with Crippen LogP contribution in [0.3, 0.4) is 0 Å². The molecule has 0 amide bonds. The van der Waals surface area contributed by atoms with Gasteiger partial charge in [0.25, 0.3) is 0 Å². The van der Waals surface area contributed by atoms with Crippen LogP contribution >= 0.6 is 22.7 Å². The van der Waals surface area contributed by atoms with Crippen molar-refractivity contribution in [1.29, 1.82) is 0 Å². The van der Waals surface area contributed by atoms with E-state index < -0.39 is 16.1 Å². The minimum Gasteiger partial charge on any atom is -0.143 e. The van der Waals surface area contributed by atoms with Gasteiger partial charge in [-0.2, -0.15) is 0 Å². The van der Waals surface area contributed by atoms with Gasteiger partial charge in [-0.3, -0.25) is 0 Å². The van der Waals surface area contributed by atoms with Crippen molar-refractivity contribution >= 4 is 68.6 Å². The summed E-state index contributed by atoms with van der Waals surface area (Å²) in [5, 5.41) is 5.83. The van der Waals surface area contributed by atoms with E-state index in [1.165, 1.54) is 39.5 Å². The summed E-state index contributed by atoms with van der Waals surface area (Å²) in [4.78, 5) is 2.75. The molecule has 0 spiro atoms. The van der Waals surface area contributed by atoms with E-state index in [-0.39, 0.29) is 0 Å². The van der Waals surface area contributed by atoms with Crippen LogP contribution in [-0.4, -0.2) is 16.1 Å². The molecule has 0 N–H and O–H groups in total. The topological polar surface area (TPSA) is 0 Å². The molecule has 0 bridgehead atoms. The Morgan fingerprint density at radius 3 is 0.868 bits per heavy atom. The van der Waals surface area contributed by atoms with Gasteiger partial charge in [0.15, 0.2) is 16.1 Å². The molecule has 0 fully saturated rings. The maximum atomic E-state index is 2.50. The van der Waals surface area contributed by atoms with Crippen molar-refractivity contribution in [2.75, 3.05) is 0 Å². The van der Waals surface area contributed by atoms with Crippen molar-refractivity contribution in [2.45, 2.75) is 13.1 Å². The van der Waals surface area contributed by atoms with Crippen LogP contribution in [0.4, 0.5) is 0 Å². The van der Waals surface area contributed by atoms with Crippen LogP contribution in [0.1, 0.15) is 0 Å². The van der Waals surface area contributed by atoms with Crippen LogP contribution in [0, 0.1) is 0 Å². The Morgan fingerprint density at radius 2 is 0.605 bits per heavy atom. The first-order chi connectivity index (χ1) is 18.6. The molecular weight excluding hydrogens is 529 g/mol. The highest BCUT2D eigenvalue weighted by Gasteiger charge is 2.37. The Hall–Kier alpha value is -3.29. The lowest BCUT2D eigenvalue weighted by molar-refractivity contribution is 1.70. The van der Waals surface area contributed by atoms with Gasteiger partial charge >= 0.3 is 0 Å². The third kappa shape index (κ3) is 4.38. The Balaban J connectivity index is 1.43. The lowest BCUT2D eigenvalue weighted by atomic mass is 10.4. The highest BCUT2D eigenvalue weighted by atomic mass is 32.1. The van der Waals surface area contributed by atoms with Crippen molar-refractivity contribution < 1.29 is 0 Å². The van der Waals surface area contributed by atoms with Crippen LogP contribution in [0.2, 0.25) is 13.1 Å². The summed E-state index contributed by atoms with van der Waals surface area (Å²) in [6, 6.07) is 54.0. The first kappa shape index (κ1) is 25.0. The van der Waals surface area contributed by atoms with E-state index in [2.05, 4.69) is 159 Å². The molecule has 0 radical (unpaired) electrons. The number of hydrogen-bond acceptors (Lipinski definition) is 2. The summed E-state index contributed by atoms with van der Waals surface area (Å²) < 4.78 is 3.01. The molecule has 0 unspecified atom stereocenters. The molecule has 0 saturated carbocycles. The van der Waals surface area contributed by atoms with Crippen LogP contribution in [0.25, 0.3) is 9.75 Å². The average molecular weight is 559 g/mol. The van der Waals surface area contributed by atoms with E-state index in [0.717, 1.165) is 0 Å². The quantitative estimate of drug-likeness (QED) is 0.221. The first-order valence-corrected chi connectivity index (χ1v) is 19.7. The number of rotatable bonds is 7. The second-order valence-corrected chi connectivity index (χ2v) is 20.8. The highest BCUT2D eigenvalue weighted by Crippen LogP contribution is 2.30. The van der Waals surface area contributed by atoms with Gasteiger partial charge in [0.05, 0.1) is 0 Å². The fourth-order valence-electron chi connectivity index (χ4n) is 5.47. The van der Waals surface area contributed by atoms with E-state index >= 15 is 0 Å². The smallest absolute Gasteiger partial charge is 0.143 e. The monoisotopic (exact) mass is 558 g/mol. The number of benzene rings is 4. The third-order valence-electron chi connectivity index (χ3n) is 7.84. The molecule has 2 heterocycles. The molecule has 0 atom stereocenters. The Morgan fingerprint density at radius 1 is 0.342 bits per heavy atom. The fourth-order valence-corrected chi connectivity index (χ4v) is 16.9. The minimum atomic E-state index is -2.09. The summed E-state index contributed by atoms with van der Waals surface area (Å²) in [5.74, 6) is 0. The zero-order chi connectivity index (χ0) is 26.0. The Bertz CT molecular complexity index is 1420. The van der Waals surface area contributed by atoms with E-state index in [0.29, 0.717) is 0 Å². The van der Waals surface area contributed by atoms with E-state index in [9.17, 15) is 0 Å². The summed E-state index contributed by atoms with van der Waals surface area (Å²) in [6.07, 6.45) is 0. The van der Waals surface area contributed by atoms with Gasteiger partial charge in [-0.15, -0.1) is 22.7 Å². The van der Waals surface area contributed by atoms with Gasteiger partial charge in [-0.1, -0.05) is 147 Å². The van der Waals surface area contributed by atoms with Gasteiger partial charge in [0.1, 0.15) is 0 Å². The molecule has 0 nitrogen and oxygen atoms in total. The zero-order valence-electron chi connectivity index (χ0n) is 21.7. The van der Waals surface area contributed by atoms with Crippen LogP contribution < -0.4 is 29.7 Å². The van der Waals surface area contributed by atoms with Crippen LogP contribution in [0.5, 0.6) is 0 Å². The van der Waals surface area contributed by atoms with Crippen molar-refractivity contribution in [3.05, 3.63) is 146 Å². The lowest BCUT2D eigenvalue weighted by Gasteiger charge is -2.27. The van der Waals surface area contributed by atoms with E-state index in [1.54, 1.807) is 0 Å². The van der Waals surface area contributed by atoms with Gasteiger partial charge in [0.2, 0.25) is 0 Å². The Kier molecular flexibility index (Phi) is 6.89. The molecule has 6 rings (SSSR count). The molecular formula is C34H30S2Si2. The minimum absolute atomic E-state index is 1.37. The molecule has 0 aliphatic heterocycles. The van der Waals surface area contributed by atoms with Crippen molar-refractivity contribution in [3.63, 3.8) is 0 Å². The first-order valence-electron chi connectivity index (χ1n) is 13.0. The van der Waals surface area contributed by atoms with Crippen molar-refractivity contribution in [3.8, 4) is 9.75 Å². The molecule has 0 saturated heterocycles. The standard InChI is InChI=1S/C34H30S2Si2/c1-37(27-15-7-3-8-16-27,28-17-9-4-10-18-28)33-25-23-31(35-33)32-24-26-34(36-32)38(2,29-19-11-5-12-20-29)30-21-13-6-14-22-30/h3-26H,1-2H3. The predicted molar refractivity (Wildman–Crippen MR) is 174 cm³/mol. The van der Waals surface area contributed by atoms with Crippen LogP contribution in [-0.2, 0) is 0 Å². The fraction of sp³-hybridized carbons (Fsp3) is 0.0588. The second kappa shape index (κ2) is 10.5. The summed E-state index contributed by atoms with van der Waals surface area (Å²) in [6.45, 7) is 5.00. The second-order valence-electron chi connectivity index (χ2n) is 10.0. The molecule has 6 aromatic rings. The molecule has 0 aliphatic rings. The maximum absolute atomic E-state index is 2.50. The third-order valence-corrected chi connectivity index (χ3v) is 21.2. The number of thiophene rings is 2. The number of hydrogen-bond donors (Lipinski definition) is 0. The average Bonchev–Trinajstić information content (AvgIpc) is 3.69. The maximum Gasteiger partial charge on any atom is 0.157 e. The summed E-state index contributed by atoms with van der Waals surface area (Å²) in [7, 11) is -4.19. The van der Waals surface area contributed by atoms with E-state index in [1.807, 2.05) is 22.7 Å². The summed E-state index contributed by atoms with van der Waals surface area (Å²) in [5.41, 5.74) is 0. The van der Waals surface area contributed by atoms with Crippen molar-refractivity contribution in [1.82, 2.24) is 0 Å². The normalized spacial score (nSPS) is 11.9. The lowest BCUT2D eigenvalue weighted by Crippen LogP contribution is -2.63. The van der Waals surface area contributed by atoms with Gasteiger partial charge < -0.3 is 0 Å². The molecule has 4 heteroatoms. The van der Waals surface area contributed by atoms with E-state index in [4.69, 9.17) is 0 Å². The highest BCUT2D eigenvalue weighted by molar-refractivity contribution is 7.38. The molecule has 186 valence electrons. The summed E-state index contributed by atoms with van der Waals surface area (Å²) >= 11 is 3.97. The van der Waals surface area contributed by atoms with Gasteiger partial charge in [0, 0.05) is 18.8 Å². The van der Waals surface area contributed by atoms with Gasteiger partial charge in [-0.25, -0.2) is 0 Å². The predicted octanol–water partition coefficient (Wildman–Crippen LogP) is 5.68. The van der Waals surface area contributed by atoms with Crippen LogP contribution in [0.15, 0.2) is 146 Å². The molecule has 2 aromatic heterocycles. The largest absolute Gasteiger partial charge is 0.157 e. The van der Waals surface area contributed by atoms with Gasteiger partial charge in [-0.05, 0) is 32.9 Å². The molecule has 4 aromatic carbocycles. The molecule has 38 heavy (non-hydrogen) atoms. The Labute approximate surface area is 235 Å². The SMILES string of the molecule is C[Si](c1ccccc1)(c1ccccc1)c1ccc(-c2ccc([Si](C)(c3ccccc3)c3ccccc3)s2)s1. The zero-order valence-corrected chi connectivity index (χ0v) is 25.3. The van der Waals surface area contributed by atoms with Crippen molar-refractivity contribution in [2.24, 2.45) is 0 Å². The molecule has 0 aliphatic carbocycles.